The molecule has 3 atom stereocenters. The Labute approximate surface area is 150 Å². The van der Waals surface area contributed by atoms with Gasteiger partial charge in [-0.1, -0.05) is 12.5 Å². The topological polar surface area (TPSA) is 51.8 Å². The third kappa shape index (κ3) is 4.54. The van der Waals surface area contributed by atoms with Crippen molar-refractivity contribution in [2.75, 3.05) is 34.0 Å². The number of methoxy groups -OCH3 is 2. The van der Waals surface area contributed by atoms with Crippen LogP contribution in [0.2, 0.25) is 0 Å². The average molecular weight is 357 g/mol. The second-order valence-corrected chi connectivity index (χ2v) is 6.41. The molecule has 1 heterocycles. The van der Waals surface area contributed by atoms with Crippen LogP contribution in [-0.4, -0.2) is 46.1 Å². The van der Waals surface area contributed by atoms with Crippen molar-refractivity contribution in [2.45, 2.75) is 37.9 Å². The van der Waals surface area contributed by atoms with E-state index in [1.807, 2.05) is 6.07 Å². The number of hydrogen-bond acceptors (Lipinski definition) is 5. The van der Waals surface area contributed by atoms with Gasteiger partial charge in [0.2, 0.25) is 0 Å². The summed E-state index contributed by atoms with van der Waals surface area (Å²) in [7, 11) is 3.34. The fraction of sp³-hybridized carbons (Fsp3) is 0.667. The SMILES string of the molecule is COc1ccc(CNC2CCCC2C2COCCN2)cc1OC.Cl. The molecule has 24 heavy (non-hydrogen) atoms. The van der Waals surface area contributed by atoms with Gasteiger partial charge in [0, 0.05) is 25.2 Å². The largest absolute Gasteiger partial charge is 0.493 e. The second kappa shape index (κ2) is 9.47. The Kier molecular flexibility index (Phi) is 7.62. The number of benzene rings is 1. The van der Waals surface area contributed by atoms with Crippen LogP contribution >= 0.6 is 12.4 Å². The van der Waals surface area contributed by atoms with Crippen LogP contribution in [0, 0.1) is 5.92 Å². The van der Waals surface area contributed by atoms with Gasteiger partial charge in [-0.2, -0.15) is 0 Å². The maximum Gasteiger partial charge on any atom is 0.161 e. The molecule has 1 saturated heterocycles. The van der Waals surface area contributed by atoms with Gasteiger partial charge in [0.05, 0.1) is 27.4 Å². The Balaban J connectivity index is 0.00000208. The van der Waals surface area contributed by atoms with Crippen LogP contribution in [0.3, 0.4) is 0 Å². The summed E-state index contributed by atoms with van der Waals surface area (Å²) in [4.78, 5) is 0. The van der Waals surface area contributed by atoms with E-state index in [9.17, 15) is 0 Å². The summed E-state index contributed by atoms with van der Waals surface area (Å²) in [6.07, 6.45) is 3.83. The molecule has 2 N–H and O–H groups in total. The summed E-state index contributed by atoms with van der Waals surface area (Å²) in [5.41, 5.74) is 1.22. The van der Waals surface area contributed by atoms with Gasteiger partial charge in [0.15, 0.2) is 11.5 Å². The molecule has 1 aliphatic heterocycles. The number of hydrogen-bond donors (Lipinski definition) is 2. The zero-order valence-electron chi connectivity index (χ0n) is 14.5. The monoisotopic (exact) mass is 356 g/mol. The molecule has 0 aromatic heterocycles. The summed E-state index contributed by atoms with van der Waals surface area (Å²) in [6, 6.07) is 7.17. The van der Waals surface area contributed by atoms with Crippen LogP contribution in [-0.2, 0) is 11.3 Å². The van der Waals surface area contributed by atoms with E-state index >= 15 is 0 Å². The summed E-state index contributed by atoms with van der Waals surface area (Å²) < 4.78 is 16.3. The van der Waals surface area contributed by atoms with Gasteiger partial charge in [0.1, 0.15) is 0 Å². The van der Waals surface area contributed by atoms with E-state index < -0.39 is 0 Å². The summed E-state index contributed by atoms with van der Waals surface area (Å²) >= 11 is 0. The standard InChI is InChI=1S/C18H28N2O3.ClH/c1-21-17-7-6-13(10-18(17)22-2)11-20-15-5-3-4-14(15)16-12-23-9-8-19-16;/h6-7,10,14-16,19-20H,3-5,8-9,11-12H2,1-2H3;1H. The molecule has 1 aromatic carbocycles. The molecular weight excluding hydrogens is 328 g/mol. The Morgan fingerprint density at radius 3 is 2.75 bits per heavy atom. The highest BCUT2D eigenvalue weighted by Gasteiger charge is 2.34. The maximum absolute atomic E-state index is 5.64. The average Bonchev–Trinajstić information content (AvgIpc) is 3.09. The lowest BCUT2D eigenvalue weighted by Gasteiger charge is -2.33. The number of halogens is 1. The number of morpholine rings is 1. The van der Waals surface area contributed by atoms with Crippen molar-refractivity contribution in [3.8, 4) is 11.5 Å². The quantitative estimate of drug-likeness (QED) is 0.819. The molecule has 5 nitrogen and oxygen atoms in total. The first-order valence-electron chi connectivity index (χ1n) is 8.57. The molecule has 3 unspecified atom stereocenters. The van der Waals surface area contributed by atoms with Crippen LogP contribution in [0.1, 0.15) is 24.8 Å². The molecule has 1 saturated carbocycles. The van der Waals surface area contributed by atoms with Crippen LogP contribution in [0.15, 0.2) is 18.2 Å². The summed E-state index contributed by atoms with van der Waals surface area (Å²) in [5.74, 6) is 2.23. The highest BCUT2D eigenvalue weighted by Crippen LogP contribution is 2.31. The van der Waals surface area contributed by atoms with E-state index in [1.165, 1.54) is 24.8 Å². The second-order valence-electron chi connectivity index (χ2n) is 6.41. The minimum atomic E-state index is 0. The Bertz CT molecular complexity index is 509. The molecule has 2 fully saturated rings. The van der Waals surface area contributed by atoms with Crippen LogP contribution < -0.4 is 20.1 Å². The Morgan fingerprint density at radius 2 is 2.04 bits per heavy atom. The van der Waals surface area contributed by atoms with E-state index in [0.717, 1.165) is 37.8 Å². The Hall–Kier alpha value is -1.01. The number of rotatable bonds is 6. The predicted molar refractivity (Wildman–Crippen MR) is 97.4 cm³/mol. The molecule has 2 aliphatic rings. The van der Waals surface area contributed by atoms with Gasteiger partial charge < -0.3 is 24.8 Å². The lowest BCUT2D eigenvalue weighted by atomic mass is 9.94. The maximum atomic E-state index is 5.64. The number of nitrogens with one attached hydrogen (secondary N) is 2. The van der Waals surface area contributed by atoms with Gasteiger partial charge in [0.25, 0.3) is 0 Å². The molecule has 0 radical (unpaired) electrons. The van der Waals surface area contributed by atoms with Gasteiger partial charge in [-0.05, 0) is 36.5 Å². The molecular formula is C18H29ClN2O3. The van der Waals surface area contributed by atoms with Gasteiger partial charge >= 0.3 is 0 Å². The third-order valence-corrected chi connectivity index (χ3v) is 5.05. The first kappa shape index (κ1) is 19.3. The van der Waals surface area contributed by atoms with Gasteiger partial charge in [-0.25, -0.2) is 0 Å². The summed E-state index contributed by atoms with van der Waals surface area (Å²) in [6.45, 7) is 3.52. The van der Waals surface area contributed by atoms with Crippen molar-refractivity contribution >= 4 is 12.4 Å². The molecule has 6 heteroatoms. The van der Waals surface area contributed by atoms with E-state index in [4.69, 9.17) is 14.2 Å². The van der Waals surface area contributed by atoms with Crippen LogP contribution in [0.5, 0.6) is 11.5 Å². The lowest BCUT2D eigenvalue weighted by Crippen LogP contribution is -2.50. The molecule has 0 bridgehead atoms. The first-order chi connectivity index (χ1) is 11.3. The van der Waals surface area contributed by atoms with E-state index in [1.54, 1.807) is 14.2 Å². The van der Waals surface area contributed by atoms with Crippen molar-refractivity contribution in [1.82, 2.24) is 10.6 Å². The minimum absolute atomic E-state index is 0. The van der Waals surface area contributed by atoms with Gasteiger partial charge in [-0.15, -0.1) is 12.4 Å². The minimum Gasteiger partial charge on any atom is -0.493 e. The third-order valence-electron chi connectivity index (χ3n) is 5.05. The predicted octanol–water partition coefficient (Wildman–Crippen LogP) is 2.37. The number of ether oxygens (including phenoxy) is 3. The molecule has 0 spiro atoms. The first-order valence-corrected chi connectivity index (χ1v) is 8.57. The molecule has 0 amide bonds. The van der Waals surface area contributed by atoms with E-state index in [2.05, 4.69) is 22.8 Å². The molecule has 1 aliphatic carbocycles. The fourth-order valence-electron chi connectivity index (χ4n) is 3.82. The van der Waals surface area contributed by atoms with Crippen LogP contribution in [0.25, 0.3) is 0 Å². The van der Waals surface area contributed by atoms with Crippen molar-refractivity contribution < 1.29 is 14.2 Å². The lowest BCUT2D eigenvalue weighted by molar-refractivity contribution is 0.0524. The van der Waals surface area contributed by atoms with Crippen molar-refractivity contribution in [3.63, 3.8) is 0 Å². The molecule has 1 aromatic rings. The zero-order valence-corrected chi connectivity index (χ0v) is 15.4. The van der Waals surface area contributed by atoms with Crippen molar-refractivity contribution in [1.29, 1.82) is 0 Å². The molecule has 136 valence electrons. The van der Waals surface area contributed by atoms with E-state index in [0.29, 0.717) is 18.0 Å². The zero-order chi connectivity index (χ0) is 16.1. The van der Waals surface area contributed by atoms with Crippen LogP contribution in [0.4, 0.5) is 0 Å². The highest BCUT2D eigenvalue weighted by molar-refractivity contribution is 5.85. The smallest absolute Gasteiger partial charge is 0.161 e. The van der Waals surface area contributed by atoms with Crippen molar-refractivity contribution in [3.05, 3.63) is 23.8 Å². The Morgan fingerprint density at radius 1 is 1.21 bits per heavy atom. The van der Waals surface area contributed by atoms with Crippen molar-refractivity contribution in [2.24, 2.45) is 5.92 Å². The van der Waals surface area contributed by atoms with E-state index in [-0.39, 0.29) is 12.4 Å². The van der Waals surface area contributed by atoms with Gasteiger partial charge in [-0.3, -0.25) is 0 Å². The fourth-order valence-corrected chi connectivity index (χ4v) is 3.82. The summed E-state index contributed by atoms with van der Waals surface area (Å²) in [5, 5.41) is 7.36. The highest BCUT2D eigenvalue weighted by atomic mass is 35.5. The molecule has 3 rings (SSSR count). The normalized spacial score (nSPS) is 26.7.